The van der Waals surface area contributed by atoms with Gasteiger partial charge in [0.25, 0.3) is 0 Å². The van der Waals surface area contributed by atoms with Gasteiger partial charge in [0, 0.05) is 5.56 Å². The van der Waals surface area contributed by atoms with Crippen molar-refractivity contribution in [2.24, 2.45) is 0 Å². The van der Waals surface area contributed by atoms with Crippen molar-refractivity contribution < 1.29 is 0 Å². The van der Waals surface area contributed by atoms with Crippen LogP contribution >= 0.6 is 11.6 Å². The van der Waals surface area contributed by atoms with Crippen molar-refractivity contribution in [1.29, 1.82) is 0 Å². The lowest BCUT2D eigenvalue weighted by Gasteiger charge is -2.01. The Morgan fingerprint density at radius 2 is 1.73 bits per heavy atom. The first-order valence-corrected chi connectivity index (χ1v) is 5.42. The number of benzene rings is 1. The van der Waals surface area contributed by atoms with Gasteiger partial charge in [0.15, 0.2) is 0 Å². The molecule has 2 aromatic rings. The number of aryl methyl sites for hydroxylation is 1. The van der Waals surface area contributed by atoms with Gasteiger partial charge in [-0.3, -0.25) is 0 Å². The summed E-state index contributed by atoms with van der Waals surface area (Å²) in [6, 6.07) is 9.83. The van der Waals surface area contributed by atoms with E-state index in [2.05, 4.69) is 5.10 Å². The zero-order chi connectivity index (χ0) is 11.3. The topological polar surface area (TPSA) is 17.8 Å². The molecule has 0 radical (unpaired) electrons. The van der Waals surface area contributed by atoms with Crippen LogP contribution in [0.4, 0.5) is 0 Å². The van der Waals surface area contributed by atoms with Gasteiger partial charge in [-0.1, -0.05) is 43.6 Å². The van der Waals surface area contributed by atoms with Crippen molar-refractivity contribution in [2.45, 2.75) is 20.8 Å². The minimum atomic E-state index is 0.672. The molecular formula is C12H15ClN2. The van der Waals surface area contributed by atoms with E-state index in [-0.39, 0.29) is 0 Å². The standard InChI is InChI=1S/C10H9ClN2.C2H6/c1-8-7-12-13(10(8)11)9-5-3-2-4-6-9;1-2/h2-7H,1H3;1-2H3. The third kappa shape index (κ3) is 2.60. The summed E-state index contributed by atoms with van der Waals surface area (Å²) in [6.45, 7) is 5.94. The Balaban J connectivity index is 0.000000531. The molecule has 0 saturated heterocycles. The Morgan fingerprint density at radius 3 is 2.20 bits per heavy atom. The lowest BCUT2D eigenvalue weighted by Crippen LogP contribution is -1.95. The predicted octanol–water partition coefficient (Wildman–Crippen LogP) is 3.86. The Morgan fingerprint density at radius 1 is 1.13 bits per heavy atom. The molecule has 0 saturated carbocycles. The van der Waals surface area contributed by atoms with E-state index < -0.39 is 0 Å². The van der Waals surface area contributed by atoms with Crippen LogP contribution in [0.3, 0.4) is 0 Å². The van der Waals surface area contributed by atoms with Crippen LogP contribution in [0.5, 0.6) is 0 Å². The summed E-state index contributed by atoms with van der Waals surface area (Å²) in [4.78, 5) is 0. The number of aromatic nitrogens is 2. The number of para-hydroxylation sites is 1. The second kappa shape index (κ2) is 5.56. The normalized spacial score (nSPS) is 9.33. The van der Waals surface area contributed by atoms with E-state index in [4.69, 9.17) is 11.6 Å². The van der Waals surface area contributed by atoms with Gasteiger partial charge in [0.1, 0.15) is 5.15 Å². The smallest absolute Gasteiger partial charge is 0.135 e. The lowest BCUT2D eigenvalue weighted by molar-refractivity contribution is 0.881. The van der Waals surface area contributed by atoms with Gasteiger partial charge in [-0.05, 0) is 19.1 Å². The van der Waals surface area contributed by atoms with Gasteiger partial charge < -0.3 is 0 Å². The zero-order valence-electron chi connectivity index (χ0n) is 9.24. The SMILES string of the molecule is CC.Cc1cnn(-c2ccccc2)c1Cl. The molecule has 1 aromatic heterocycles. The van der Waals surface area contributed by atoms with Crippen LogP contribution in [0.25, 0.3) is 5.69 Å². The molecule has 0 unspecified atom stereocenters. The maximum atomic E-state index is 6.04. The van der Waals surface area contributed by atoms with Gasteiger partial charge in [0.2, 0.25) is 0 Å². The average Bonchev–Trinajstić information content (AvgIpc) is 2.64. The van der Waals surface area contributed by atoms with Gasteiger partial charge in [-0.2, -0.15) is 5.10 Å². The first-order valence-electron chi connectivity index (χ1n) is 5.04. The van der Waals surface area contributed by atoms with Crippen LogP contribution in [0.1, 0.15) is 19.4 Å². The van der Waals surface area contributed by atoms with Gasteiger partial charge in [-0.25, -0.2) is 4.68 Å². The van der Waals surface area contributed by atoms with Crippen LogP contribution in [-0.2, 0) is 0 Å². The van der Waals surface area contributed by atoms with Crippen LogP contribution in [0.15, 0.2) is 36.5 Å². The number of rotatable bonds is 1. The summed E-state index contributed by atoms with van der Waals surface area (Å²) < 4.78 is 1.72. The molecule has 3 heteroatoms. The molecule has 0 bridgehead atoms. The summed E-state index contributed by atoms with van der Waals surface area (Å²) >= 11 is 6.04. The Kier molecular flexibility index (Phi) is 4.37. The fraction of sp³-hybridized carbons (Fsp3) is 0.250. The number of hydrogen-bond donors (Lipinski definition) is 0. The highest BCUT2D eigenvalue weighted by Crippen LogP contribution is 2.18. The molecule has 2 rings (SSSR count). The second-order valence-corrected chi connectivity index (χ2v) is 3.22. The largest absolute Gasteiger partial charge is 0.222 e. The summed E-state index contributed by atoms with van der Waals surface area (Å²) in [6.07, 6.45) is 1.76. The van der Waals surface area contributed by atoms with E-state index in [0.29, 0.717) is 5.15 Å². The van der Waals surface area contributed by atoms with E-state index in [1.54, 1.807) is 10.9 Å². The Hall–Kier alpha value is -1.28. The quantitative estimate of drug-likeness (QED) is 0.717. The molecule has 15 heavy (non-hydrogen) atoms. The number of halogens is 1. The van der Waals surface area contributed by atoms with Crippen molar-refractivity contribution in [3.63, 3.8) is 0 Å². The molecule has 1 aromatic carbocycles. The molecule has 1 heterocycles. The predicted molar refractivity (Wildman–Crippen MR) is 64.7 cm³/mol. The molecular weight excluding hydrogens is 208 g/mol. The van der Waals surface area contributed by atoms with E-state index in [9.17, 15) is 0 Å². The highest BCUT2D eigenvalue weighted by molar-refractivity contribution is 6.30. The summed E-state index contributed by atoms with van der Waals surface area (Å²) in [5, 5.41) is 4.84. The molecule has 0 atom stereocenters. The minimum absolute atomic E-state index is 0.672. The maximum absolute atomic E-state index is 6.04. The minimum Gasteiger partial charge on any atom is -0.222 e. The Bertz CT molecular complexity index is 407. The van der Waals surface area contributed by atoms with E-state index >= 15 is 0 Å². The highest BCUT2D eigenvalue weighted by Gasteiger charge is 2.04. The van der Waals surface area contributed by atoms with E-state index in [0.717, 1.165) is 11.3 Å². The van der Waals surface area contributed by atoms with E-state index in [1.807, 2.05) is 51.1 Å². The number of hydrogen-bond acceptors (Lipinski definition) is 1. The average molecular weight is 223 g/mol. The van der Waals surface area contributed by atoms with Gasteiger partial charge >= 0.3 is 0 Å². The highest BCUT2D eigenvalue weighted by atomic mass is 35.5. The Labute approximate surface area is 95.5 Å². The molecule has 2 nitrogen and oxygen atoms in total. The van der Waals surface area contributed by atoms with Crippen LogP contribution in [0.2, 0.25) is 5.15 Å². The van der Waals surface area contributed by atoms with Crippen LogP contribution in [-0.4, -0.2) is 9.78 Å². The molecule has 0 amide bonds. The van der Waals surface area contributed by atoms with Crippen molar-refractivity contribution >= 4 is 11.6 Å². The van der Waals surface area contributed by atoms with Crippen molar-refractivity contribution in [1.82, 2.24) is 9.78 Å². The van der Waals surface area contributed by atoms with Crippen molar-refractivity contribution in [3.05, 3.63) is 47.2 Å². The summed E-state index contributed by atoms with van der Waals surface area (Å²) in [7, 11) is 0. The van der Waals surface area contributed by atoms with Gasteiger partial charge in [0.05, 0.1) is 11.9 Å². The van der Waals surface area contributed by atoms with Crippen molar-refractivity contribution in [3.8, 4) is 5.69 Å². The monoisotopic (exact) mass is 222 g/mol. The van der Waals surface area contributed by atoms with E-state index in [1.165, 1.54) is 0 Å². The fourth-order valence-electron chi connectivity index (χ4n) is 1.16. The maximum Gasteiger partial charge on any atom is 0.135 e. The van der Waals surface area contributed by atoms with Crippen molar-refractivity contribution in [2.75, 3.05) is 0 Å². The molecule has 80 valence electrons. The first-order chi connectivity index (χ1) is 7.29. The molecule has 0 aliphatic carbocycles. The molecule has 0 aliphatic heterocycles. The van der Waals surface area contributed by atoms with Gasteiger partial charge in [-0.15, -0.1) is 0 Å². The third-order valence-corrected chi connectivity index (χ3v) is 2.34. The molecule has 0 aliphatic rings. The lowest BCUT2D eigenvalue weighted by atomic mass is 10.3. The summed E-state index contributed by atoms with van der Waals surface area (Å²) in [5.41, 5.74) is 1.98. The zero-order valence-corrected chi connectivity index (χ0v) is 9.99. The second-order valence-electron chi connectivity index (χ2n) is 2.87. The first kappa shape index (κ1) is 11.8. The van der Waals surface area contributed by atoms with Crippen LogP contribution < -0.4 is 0 Å². The summed E-state index contributed by atoms with van der Waals surface area (Å²) in [5.74, 6) is 0. The molecule has 0 N–H and O–H groups in total. The van der Waals surface area contributed by atoms with Crippen LogP contribution in [0, 0.1) is 6.92 Å². The number of nitrogens with zero attached hydrogens (tertiary/aromatic N) is 2. The fourth-order valence-corrected chi connectivity index (χ4v) is 1.35. The molecule has 0 fully saturated rings. The third-order valence-electron chi connectivity index (χ3n) is 1.88. The molecule has 0 spiro atoms.